The van der Waals surface area contributed by atoms with E-state index >= 15 is 0 Å². The van der Waals surface area contributed by atoms with Gasteiger partial charge in [0, 0.05) is 37.2 Å². The number of nitrogens with zero attached hydrogens (tertiary/aromatic N) is 2. The van der Waals surface area contributed by atoms with Crippen molar-refractivity contribution in [2.24, 2.45) is 4.99 Å². The van der Waals surface area contributed by atoms with E-state index in [9.17, 15) is 8.42 Å². The van der Waals surface area contributed by atoms with Crippen LogP contribution in [0.1, 0.15) is 49.9 Å². The van der Waals surface area contributed by atoms with Gasteiger partial charge in [-0.1, -0.05) is 12.1 Å². The Bertz CT molecular complexity index is 1220. The Morgan fingerprint density at radius 2 is 1.88 bits per heavy atom. The van der Waals surface area contributed by atoms with Crippen LogP contribution in [0, 0.1) is 0 Å². The van der Waals surface area contributed by atoms with Crippen LogP contribution in [0.3, 0.4) is 0 Å². The molecular formula is C24H31N3O4S. The van der Waals surface area contributed by atoms with E-state index in [1.807, 2.05) is 18.2 Å². The van der Waals surface area contributed by atoms with Crippen molar-refractivity contribution in [3.05, 3.63) is 52.6 Å². The molecule has 8 heteroatoms. The molecule has 0 atom stereocenters. The molecule has 2 heterocycles. The molecule has 0 spiro atoms. The fourth-order valence-electron chi connectivity index (χ4n) is 4.55. The molecule has 2 aliphatic heterocycles. The molecule has 172 valence electrons. The van der Waals surface area contributed by atoms with Crippen LogP contribution in [0.2, 0.25) is 0 Å². The molecule has 32 heavy (non-hydrogen) atoms. The number of hydrogen-bond donors (Lipinski definition) is 1. The van der Waals surface area contributed by atoms with E-state index in [0.29, 0.717) is 5.69 Å². The van der Waals surface area contributed by atoms with Crippen molar-refractivity contribution in [3.63, 3.8) is 0 Å². The Balaban J connectivity index is 1.92. The van der Waals surface area contributed by atoms with E-state index in [2.05, 4.69) is 38.5 Å². The molecule has 0 bridgehead atoms. The van der Waals surface area contributed by atoms with Crippen molar-refractivity contribution in [2.45, 2.75) is 51.7 Å². The highest BCUT2D eigenvalue weighted by molar-refractivity contribution is 7.90. The Kier molecular flexibility index (Phi) is 5.29. The number of fused-ring (bicyclic) bond motifs is 3. The molecule has 2 aromatic rings. The minimum Gasteiger partial charge on any atom is -0.493 e. The minimum absolute atomic E-state index is 0.310. The highest BCUT2D eigenvalue weighted by atomic mass is 32.2. The number of anilines is 1. The maximum atomic E-state index is 12.3. The van der Waals surface area contributed by atoms with E-state index in [1.165, 1.54) is 24.0 Å². The minimum atomic E-state index is -3.61. The second-order valence-corrected chi connectivity index (χ2v) is 11.5. The number of aliphatic imine (C=N–C) groups is 1. The van der Waals surface area contributed by atoms with Gasteiger partial charge in [0.1, 0.15) is 5.60 Å². The highest BCUT2D eigenvalue weighted by Gasteiger charge is 2.39. The molecule has 0 amide bonds. The molecule has 0 aliphatic carbocycles. The third kappa shape index (κ3) is 3.86. The molecule has 1 N–H and O–H groups in total. The molecule has 0 unspecified atom stereocenters. The van der Waals surface area contributed by atoms with Gasteiger partial charge in [-0.25, -0.2) is 4.72 Å². The zero-order chi connectivity index (χ0) is 23.5. The van der Waals surface area contributed by atoms with Gasteiger partial charge in [-0.3, -0.25) is 9.30 Å². The van der Waals surface area contributed by atoms with Gasteiger partial charge < -0.3 is 9.47 Å². The SMILES string of the molecule is CNS(=O)(=O)N(C)c1cccc(C2=NC(C)(C)Cc3cc(OC)c4c(c32)CC(C)(C)O4)c1. The summed E-state index contributed by atoms with van der Waals surface area (Å²) in [5.74, 6) is 1.52. The summed E-state index contributed by atoms with van der Waals surface area (Å²) in [5, 5.41) is 0. The summed E-state index contributed by atoms with van der Waals surface area (Å²) in [6.45, 7) is 8.36. The van der Waals surface area contributed by atoms with Gasteiger partial charge in [0.15, 0.2) is 11.5 Å². The third-order valence-corrected chi connectivity index (χ3v) is 7.45. The maximum absolute atomic E-state index is 12.3. The van der Waals surface area contributed by atoms with Gasteiger partial charge in [-0.2, -0.15) is 8.42 Å². The first-order valence-corrected chi connectivity index (χ1v) is 12.1. The maximum Gasteiger partial charge on any atom is 0.301 e. The predicted molar refractivity (Wildman–Crippen MR) is 128 cm³/mol. The Morgan fingerprint density at radius 1 is 1.16 bits per heavy atom. The van der Waals surface area contributed by atoms with Crippen LogP contribution in [0.4, 0.5) is 5.69 Å². The summed E-state index contributed by atoms with van der Waals surface area (Å²) >= 11 is 0. The molecule has 0 aromatic heterocycles. The number of hydrogen-bond acceptors (Lipinski definition) is 5. The van der Waals surface area contributed by atoms with E-state index in [1.54, 1.807) is 13.2 Å². The van der Waals surface area contributed by atoms with Gasteiger partial charge in [-0.05, 0) is 57.9 Å². The van der Waals surface area contributed by atoms with Gasteiger partial charge in [0.2, 0.25) is 0 Å². The molecule has 4 rings (SSSR count). The fraction of sp³-hybridized carbons (Fsp3) is 0.458. The lowest BCUT2D eigenvalue weighted by molar-refractivity contribution is 0.134. The number of benzene rings is 2. The van der Waals surface area contributed by atoms with Gasteiger partial charge in [-0.15, -0.1) is 0 Å². The molecule has 7 nitrogen and oxygen atoms in total. The first-order valence-electron chi connectivity index (χ1n) is 10.7. The molecular weight excluding hydrogens is 426 g/mol. The van der Waals surface area contributed by atoms with Crippen molar-refractivity contribution in [2.75, 3.05) is 25.5 Å². The normalized spacial score (nSPS) is 18.3. The Morgan fingerprint density at radius 3 is 2.53 bits per heavy atom. The van der Waals surface area contributed by atoms with Crippen LogP contribution in [0.5, 0.6) is 11.5 Å². The lowest BCUT2D eigenvalue weighted by Gasteiger charge is -2.31. The molecule has 0 radical (unpaired) electrons. The monoisotopic (exact) mass is 457 g/mol. The molecule has 0 fully saturated rings. The van der Waals surface area contributed by atoms with Crippen LogP contribution in [0.25, 0.3) is 0 Å². The van der Waals surface area contributed by atoms with Gasteiger partial charge in [0.25, 0.3) is 0 Å². The largest absolute Gasteiger partial charge is 0.493 e. The van der Waals surface area contributed by atoms with Crippen molar-refractivity contribution in [1.82, 2.24) is 4.72 Å². The van der Waals surface area contributed by atoms with Crippen LogP contribution in [-0.4, -0.2) is 46.5 Å². The summed E-state index contributed by atoms with van der Waals surface area (Å²) in [6, 6.07) is 9.55. The zero-order valence-electron chi connectivity index (χ0n) is 19.7. The quantitative estimate of drug-likeness (QED) is 0.746. The summed E-state index contributed by atoms with van der Waals surface area (Å²) in [4.78, 5) is 5.13. The van der Waals surface area contributed by atoms with Crippen LogP contribution < -0.4 is 18.5 Å². The first-order chi connectivity index (χ1) is 14.9. The average Bonchev–Trinajstić information content (AvgIpc) is 3.06. The average molecular weight is 458 g/mol. The van der Waals surface area contributed by atoms with Crippen molar-refractivity contribution in [3.8, 4) is 11.5 Å². The standard InChI is InChI=1S/C24H31N3O4S/c1-23(2)13-16-12-19(30-7)22-18(14-24(3,4)31-22)20(16)21(26-23)15-9-8-10-17(11-15)27(6)32(28,29)25-5/h8-12,25H,13-14H2,1-7H3. The number of nitrogens with one attached hydrogen (secondary N) is 1. The van der Waals surface area contributed by atoms with E-state index in [4.69, 9.17) is 14.5 Å². The topological polar surface area (TPSA) is 80.2 Å². The Labute approximate surface area is 190 Å². The second kappa shape index (κ2) is 7.49. The van der Waals surface area contributed by atoms with E-state index in [0.717, 1.165) is 46.7 Å². The first kappa shape index (κ1) is 22.6. The van der Waals surface area contributed by atoms with Crippen LogP contribution in [-0.2, 0) is 23.1 Å². The van der Waals surface area contributed by atoms with Gasteiger partial charge in [0.05, 0.1) is 24.0 Å². The molecule has 0 saturated carbocycles. The molecule has 2 aliphatic rings. The zero-order valence-corrected chi connectivity index (χ0v) is 20.6. The van der Waals surface area contributed by atoms with E-state index in [-0.39, 0.29) is 11.1 Å². The van der Waals surface area contributed by atoms with Crippen molar-refractivity contribution in [1.29, 1.82) is 0 Å². The smallest absolute Gasteiger partial charge is 0.301 e. The Hall–Kier alpha value is -2.58. The van der Waals surface area contributed by atoms with Crippen molar-refractivity contribution >= 4 is 21.6 Å². The summed E-state index contributed by atoms with van der Waals surface area (Å²) < 4.78 is 40.2. The van der Waals surface area contributed by atoms with Crippen LogP contribution in [0.15, 0.2) is 35.3 Å². The lowest BCUT2D eigenvalue weighted by atomic mass is 9.81. The van der Waals surface area contributed by atoms with Crippen LogP contribution >= 0.6 is 0 Å². The van der Waals surface area contributed by atoms with E-state index < -0.39 is 10.2 Å². The molecule has 0 saturated heterocycles. The summed E-state index contributed by atoms with van der Waals surface area (Å²) in [6.07, 6.45) is 1.53. The fourth-order valence-corrected chi connectivity index (χ4v) is 5.22. The van der Waals surface area contributed by atoms with Gasteiger partial charge >= 0.3 is 10.2 Å². The van der Waals surface area contributed by atoms with Crippen molar-refractivity contribution < 1.29 is 17.9 Å². The summed E-state index contributed by atoms with van der Waals surface area (Å²) in [5.41, 5.74) is 4.97. The number of ether oxygens (including phenoxy) is 2. The lowest BCUT2D eigenvalue weighted by Crippen LogP contribution is -2.36. The second-order valence-electron chi connectivity index (χ2n) is 9.64. The highest BCUT2D eigenvalue weighted by Crippen LogP contribution is 2.47. The third-order valence-electron chi connectivity index (χ3n) is 6.00. The summed E-state index contributed by atoms with van der Waals surface area (Å²) in [7, 11) is 0.992. The number of rotatable bonds is 5. The predicted octanol–water partition coefficient (Wildman–Crippen LogP) is 3.48. The molecule has 2 aromatic carbocycles. The number of methoxy groups -OCH3 is 1.